The summed E-state index contributed by atoms with van der Waals surface area (Å²) in [5.74, 6) is 0. The molecule has 1 atom stereocenters. The van der Waals surface area contributed by atoms with Gasteiger partial charge in [-0.1, -0.05) is 0 Å². The second kappa shape index (κ2) is 3.74. The summed E-state index contributed by atoms with van der Waals surface area (Å²) in [4.78, 5) is 3.87. The number of nitrogens with one attached hydrogen (secondary N) is 1. The van der Waals surface area contributed by atoms with Crippen molar-refractivity contribution in [2.45, 2.75) is 12.6 Å². The highest BCUT2D eigenvalue weighted by Gasteiger charge is 2.02. The predicted octanol–water partition coefficient (Wildman–Crippen LogP) is -0.00532. The minimum Gasteiger partial charge on any atom is -0.335 e. The first kappa shape index (κ1) is 7.76. The molecule has 1 aromatic rings. The first-order valence-corrected chi connectivity index (χ1v) is 3.39. The quantitative estimate of drug-likeness (QED) is 0.659. The Morgan fingerprint density at radius 1 is 1.82 bits per heavy atom. The molecular weight excluding hydrogens is 140 g/mol. The van der Waals surface area contributed by atoms with Crippen molar-refractivity contribution in [3.63, 3.8) is 0 Å². The summed E-state index contributed by atoms with van der Waals surface area (Å²) in [6.45, 7) is 0.646. The fourth-order valence-corrected chi connectivity index (χ4v) is 0.802. The van der Waals surface area contributed by atoms with Crippen LogP contribution in [-0.4, -0.2) is 22.6 Å². The average Bonchev–Trinajstić information content (AvgIpc) is 2.52. The van der Waals surface area contributed by atoms with E-state index in [1.54, 1.807) is 19.6 Å². The Balaban J connectivity index is 2.49. The van der Waals surface area contributed by atoms with E-state index in [2.05, 4.69) is 16.4 Å². The first-order valence-electron chi connectivity index (χ1n) is 3.39. The Morgan fingerprint density at radius 3 is 3.09 bits per heavy atom. The molecule has 0 saturated carbocycles. The van der Waals surface area contributed by atoms with Gasteiger partial charge in [0.15, 0.2) is 0 Å². The van der Waals surface area contributed by atoms with Crippen LogP contribution in [0.1, 0.15) is 0 Å². The molecule has 0 aromatic carbocycles. The second-order valence-electron chi connectivity index (χ2n) is 2.23. The molecule has 0 fully saturated rings. The molecule has 0 bridgehead atoms. The van der Waals surface area contributed by atoms with Gasteiger partial charge in [-0.3, -0.25) is 0 Å². The molecule has 0 aliphatic rings. The van der Waals surface area contributed by atoms with Crippen LogP contribution in [0.2, 0.25) is 0 Å². The third-order valence-electron chi connectivity index (χ3n) is 1.46. The topological polar surface area (TPSA) is 53.6 Å². The van der Waals surface area contributed by atoms with Gasteiger partial charge in [-0.25, -0.2) is 4.98 Å². The zero-order chi connectivity index (χ0) is 8.10. The predicted molar refractivity (Wildman–Crippen MR) is 40.7 cm³/mol. The highest BCUT2D eigenvalue weighted by atomic mass is 15.1. The highest BCUT2D eigenvalue weighted by Crippen LogP contribution is 1.89. The summed E-state index contributed by atoms with van der Waals surface area (Å²) in [6.07, 6.45) is 5.23. The number of imidazole rings is 1. The van der Waals surface area contributed by atoms with Gasteiger partial charge in [0.2, 0.25) is 0 Å². The van der Waals surface area contributed by atoms with Crippen LogP contribution in [0.25, 0.3) is 0 Å². The molecule has 58 valence electrons. The molecule has 1 rings (SSSR count). The van der Waals surface area contributed by atoms with Gasteiger partial charge in [0.1, 0.15) is 6.04 Å². The van der Waals surface area contributed by atoms with Crippen molar-refractivity contribution >= 4 is 0 Å². The number of hydrogen-bond acceptors (Lipinski definition) is 3. The van der Waals surface area contributed by atoms with Crippen LogP contribution in [0.4, 0.5) is 0 Å². The van der Waals surface area contributed by atoms with Crippen molar-refractivity contribution in [1.29, 1.82) is 5.26 Å². The number of likely N-dealkylation sites (N-methyl/N-ethyl adjacent to an activating group) is 1. The van der Waals surface area contributed by atoms with Crippen LogP contribution in [-0.2, 0) is 6.54 Å². The minimum absolute atomic E-state index is 0.135. The summed E-state index contributed by atoms with van der Waals surface area (Å²) < 4.78 is 1.87. The lowest BCUT2D eigenvalue weighted by Crippen LogP contribution is -2.27. The summed E-state index contributed by atoms with van der Waals surface area (Å²) in [7, 11) is 1.77. The van der Waals surface area contributed by atoms with E-state index in [1.807, 2.05) is 10.8 Å². The molecule has 1 heterocycles. The summed E-state index contributed by atoms with van der Waals surface area (Å²) >= 11 is 0. The van der Waals surface area contributed by atoms with E-state index in [1.165, 1.54) is 0 Å². The van der Waals surface area contributed by atoms with Gasteiger partial charge in [0.05, 0.1) is 18.9 Å². The fourth-order valence-electron chi connectivity index (χ4n) is 0.802. The Bertz CT molecular complexity index is 233. The van der Waals surface area contributed by atoms with Crippen molar-refractivity contribution < 1.29 is 0 Å². The molecule has 0 aliphatic heterocycles. The molecule has 0 radical (unpaired) electrons. The van der Waals surface area contributed by atoms with E-state index in [9.17, 15) is 0 Å². The average molecular weight is 150 g/mol. The highest BCUT2D eigenvalue weighted by molar-refractivity contribution is 4.90. The van der Waals surface area contributed by atoms with E-state index in [0.717, 1.165) is 0 Å². The Kier molecular flexibility index (Phi) is 2.64. The van der Waals surface area contributed by atoms with E-state index >= 15 is 0 Å². The van der Waals surface area contributed by atoms with Gasteiger partial charge in [0.25, 0.3) is 0 Å². The van der Waals surface area contributed by atoms with Crippen molar-refractivity contribution in [3.05, 3.63) is 18.7 Å². The van der Waals surface area contributed by atoms with Crippen LogP contribution in [0.15, 0.2) is 18.7 Å². The maximum Gasteiger partial charge on any atom is 0.113 e. The summed E-state index contributed by atoms with van der Waals surface area (Å²) in [5, 5.41) is 11.5. The van der Waals surface area contributed by atoms with E-state index in [0.29, 0.717) is 6.54 Å². The largest absolute Gasteiger partial charge is 0.335 e. The van der Waals surface area contributed by atoms with Crippen molar-refractivity contribution in [1.82, 2.24) is 14.9 Å². The van der Waals surface area contributed by atoms with Gasteiger partial charge < -0.3 is 9.88 Å². The number of aromatic nitrogens is 2. The smallest absolute Gasteiger partial charge is 0.113 e. The monoisotopic (exact) mass is 150 g/mol. The molecule has 1 aromatic heterocycles. The standard InChI is InChI=1S/C7H10N4/c1-9-7(4-8)5-11-3-2-10-6-11/h2-3,6-7,9H,5H2,1H3. The van der Waals surface area contributed by atoms with Gasteiger partial charge in [-0.2, -0.15) is 5.26 Å². The third-order valence-corrected chi connectivity index (χ3v) is 1.46. The molecular formula is C7H10N4. The van der Waals surface area contributed by atoms with E-state index < -0.39 is 0 Å². The Labute approximate surface area is 65.5 Å². The molecule has 0 saturated heterocycles. The van der Waals surface area contributed by atoms with Crippen molar-refractivity contribution in [2.24, 2.45) is 0 Å². The third kappa shape index (κ3) is 2.06. The van der Waals surface area contributed by atoms with E-state index in [4.69, 9.17) is 5.26 Å². The summed E-state index contributed by atoms with van der Waals surface area (Å²) in [6, 6.07) is 2.00. The number of nitriles is 1. The Morgan fingerprint density at radius 2 is 2.64 bits per heavy atom. The molecule has 0 amide bonds. The molecule has 4 heteroatoms. The Hall–Kier alpha value is -1.34. The zero-order valence-electron chi connectivity index (χ0n) is 6.36. The number of hydrogen-bond donors (Lipinski definition) is 1. The van der Waals surface area contributed by atoms with Gasteiger partial charge in [-0.05, 0) is 7.05 Å². The van der Waals surface area contributed by atoms with Crippen LogP contribution in [0.5, 0.6) is 0 Å². The van der Waals surface area contributed by atoms with Gasteiger partial charge in [0, 0.05) is 12.4 Å². The van der Waals surface area contributed by atoms with Crippen LogP contribution in [0.3, 0.4) is 0 Å². The second-order valence-corrected chi connectivity index (χ2v) is 2.23. The van der Waals surface area contributed by atoms with Gasteiger partial charge >= 0.3 is 0 Å². The fraction of sp³-hybridized carbons (Fsp3) is 0.429. The molecule has 0 spiro atoms. The van der Waals surface area contributed by atoms with E-state index in [-0.39, 0.29) is 6.04 Å². The lowest BCUT2D eigenvalue weighted by molar-refractivity contribution is 0.564. The van der Waals surface area contributed by atoms with Crippen molar-refractivity contribution in [2.75, 3.05) is 7.05 Å². The lowest BCUT2D eigenvalue weighted by Gasteiger charge is -2.06. The van der Waals surface area contributed by atoms with Crippen LogP contribution in [0, 0.1) is 11.3 Å². The lowest BCUT2D eigenvalue weighted by atomic mass is 10.3. The van der Waals surface area contributed by atoms with Crippen LogP contribution < -0.4 is 5.32 Å². The number of rotatable bonds is 3. The summed E-state index contributed by atoms with van der Waals surface area (Å²) in [5.41, 5.74) is 0. The normalized spacial score (nSPS) is 12.4. The minimum atomic E-state index is -0.135. The molecule has 1 N–H and O–H groups in total. The maximum absolute atomic E-state index is 8.58. The maximum atomic E-state index is 8.58. The van der Waals surface area contributed by atoms with Crippen molar-refractivity contribution in [3.8, 4) is 6.07 Å². The number of nitrogens with zero attached hydrogens (tertiary/aromatic N) is 3. The zero-order valence-corrected chi connectivity index (χ0v) is 6.36. The molecule has 1 unspecified atom stereocenters. The first-order chi connectivity index (χ1) is 5.36. The van der Waals surface area contributed by atoms with Gasteiger partial charge in [-0.15, -0.1) is 0 Å². The molecule has 0 aliphatic carbocycles. The SMILES string of the molecule is CNC(C#N)Cn1ccnc1. The molecule has 11 heavy (non-hydrogen) atoms. The van der Waals surface area contributed by atoms with Crippen LogP contribution >= 0.6 is 0 Å². The molecule has 4 nitrogen and oxygen atoms in total.